The second-order valence-corrected chi connectivity index (χ2v) is 5.40. The molecule has 14 heavy (non-hydrogen) atoms. The van der Waals surface area contributed by atoms with Gasteiger partial charge in [-0.2, -0.15) is 0 Å². The third-order valence-electron chi connectivity index (χ3n) is 3.06. The predicted octanol–water partition coefficient (Wildman–Crippen LogP) is 3.51. The number of nitrogens with one attached hydrogen (secondary N) is 1. The van der Waals surface area contributed by atoms with E-state index in [9.17, 15) is 0 Å². The molecule has 1 heteroatoms. The van der Waals surface area contributed by atoms with Crippen LogP contribution < -0.4 is 5.32 Å². The van der Waals surface area contributed by atoms with Crippen LogP contribution in [0.5, 0.6) is 0 Å². The lowest BCUT2D eigenvalue weighted by molar-refractivity contribution is 0.410. The van der Waals surface area contributed by atoms with Crippen molar-refractivity contribution in [3.8, 4) is 0 Å². The first-order chi connectivity index (χ1) is 6.54. The highest BCUT2D eigenvalue weighted by molar-refractivity contribution is 5.14. The van der Waals surface area contributed by atoms with E-state index in [1.807, 2.05) is 0 Å². The summed E-state index contributed by atoms with van der Waals surface area (Å²) in [5, 5.41) is 3.60. The van der Waals surface area contributed by atoms with Crippen molar-refractivity contribution in [2.24, 2.45) is 5.41 Å². The topological polar surface area (TPSA) is 12.0 Å². The first-order valence-electron chi connectivity index (χ1n) is 5.97. The fraction of sp³-hybridized carbons (Fsp3) is 0.846. The van der Waals surface area contributed by atoms with Crippen molar-refractivity contribution in [1.29, 1.82) is 0 Å². The minimum Gasteiger partial charge on any atom is -0.314 e. The lowest BCUT2D eigenvalue weighted by atomic mass is 9.79. The Labute approximate surface area is 89.0 Å². The highest BCUT2D eigenvalue weighted by Gasteiger charge is 2.21. The van der Waals surface area contributed by atoms with Crippen LogP contribution >= 0.6 is 0 Å². The Bertz CT molecular complexity index is 198. The van der Waals surface area contributed by atoms with E-state index in [1.165, 1.54) is 32.2 Å². The second-order valence-electron chi connectivity index (χ2n) is 5.40. The molecule has 1 rings (SSSR count). The van der Waals surface area contributed by atoms with Crippen LogP contribution in [0.3, 0.4) is 0 Å². The molecule has 0 bridgehead atoms. The van der Waals surface area contributed by atoms with Crippen LogP contribution in [0.4, 0.5) is 0 Å². The van der Waals surface area contributed by atoms with E-state index >= 15 is 0 Å². The predicted molar refractivity (Wildman–Crippen MR) is 63.5 cm³/mol. The van der Waals surface area contributed by atoms with Crippen LogP contribution in [-0.2, 0) is 0 Å². The summed E-state index contributed by atoms with van der Waals surface area (Å²) in [7, 11) is 0. The Kier molecular flexibility index (Phi) is 4.18. The van der Waals surface area contributed by atoms with Gasteiger partial charge in [0.15, 0.2) is 0 Å². The van der Waals surface area contributed by atoms with E-state index in [-0.39, 0.29) is 0 Å². The first kappa shape index (κ1) is 11.8. The molecule has 0 heterocycles. The third-order valence-corrected chi connectivity index (χ3v) is 3.06. The SMILES string of the molecule is CCCN[C@@H]1CC=C(C(C)(C)C)CC1. The van der Waals surface area contributed by atoms with Crippen LogP contribution in [0.25, 0.3) is 0 Å². The summed E-state index contributed by atoms with van der Waals surface area (Å²) in [6, 6.07) is 0.737. The number of rotatable bonds is 3. The summed E-state index contributed by atoms with van der Waals surface area (Å²) in [5.74, 6) is 0. The molecule has 0 aromatic heterocycles. The van der Waals surface area contributed by atoms with Gasteiger partial charge in [0.05, 0.1) is 0 Å². The minimum absolute atomic E-state index is 0.385. The standard InChI is InChI=1S/C13H25N/c1-5-10-14-12-8-6-11(7-9-12)13(2,3)4/h6,12,14H,5,7-10H2,1-4H3/t12-/m1/s1. The van der Waals surface area contributed by atoms with Gasteiger partial charge in [-0.05, 0) is 37.6 Å². The zero-order valence-corrected chi connectivity index (χ0v) is 10.2. The highest BCUT2D eigenvalue weighted by atomic mass is 14.9. The molecule has 0 aromatic carbocycles. The summed E-state index contributed by atoms with van der Waals surface area (Å²) in [5.41, 5.74) is 2.03. The van der Waals surface area contributed by atoms with Crippen molar-refractivity contribution in [1.82, 2.24) is 5.32 Å². The quantitative estimate of drug-likeness (QED) is 0.680. The van der Waals surface area contributed by atoms with Crippen LogP contribution in [-0.4, -0.2) is 12.6 Å². The van der Waals surface area contributed by atoms with E-state index in [0.29, 0.717) is 5.41 Å². The molecule has 0 saturated heterocycles. The third kappa shape index (κ3) is 3.45. The van der Waals surface area contributed by atoms with Gasteiger partial charge in [-0.15, -0.1) is 0 Å². The summed E-state index contributed by atoms with van der Waals surface area (Å²) in [4.78, 5) is 0. The molecule has 0 unspecified atom stereocenters. The monoisotopic (exact) mass is 195 g/mol. The van der Waals surface area contributed by atoms with Crippen molar-refractivity contribution in [3.05, 3.63) is 11.6 Å². The Morgan fingerprint density at radius 3 is 2.57 bits per heavy atom. The Morgan fingerprint density at radius 1 is 1.43 bits per heavy atom. The van der Waals surface area contributed by atoms with E-state index in [0.717, 1.165) is 6.04 Å². The van der Waals surface area contributed by atoms with Crippen molar-refractivity contribution >= 4 is 0 Å². The molecule has 1 aliphatic carbocycles. The zero-order valence-electron chi connectivity index (χ0n) is 10.2. The smallest absolute Gasteiger partial charge is 0.0105 e. The Hall–Kier alpha value is -0.300. The highest BCUT2D eigenvalue weighted by Crippen LogP contribution is 2.32. The fourth-order valence-corrected chi connectivity index (χ4v) is 2.05. The molecule has 0 aliphatic heterocycles. The molecule has 0 spiro atoms. The van der Waals surface area contributed by atoms with Crippen LogP contribution in [0.1, 0.15) is 53.4 Å². The lowest BCUT2D eigenvalue weighted by Gasteiger charge is -2.30. The van der Waals surface area contributed by atoms with Gasteiger partial charge in [0.2, 0.25) is 0 Å². The van der Waals surface area contributed by atoms with Gasteiger partial charge < -0.3 is 5.32 Å². The fourth-order valence-electron chi connectivity index (χ4n) is 2.05. The number of hydrogen-bond donors (Lipinski definition) is 1. The summed E-state index contributed by atoms with van der Waals surface area (Å²) in [6.07, 6.45) is 7.53. The molecule has 0 fully saturated rings. The molecule has 0 saturated carbocycles. The summed E-state index contributed by atoms with van der Waals surface area (Å²) in [6.45, 7) is 10.4. The normalized spacial score (nSPS) is 23.4. The van der Waals surface area contributed by atoms with Gasteiger partial charge >= 0.3 is 0 Å². The molecule has 0 aromatic rings. The van der Waals surface area contributed by atoms with Crippen LogP contribution in [0.15, 0.2) is 11.6 Å². The van der Waals surface area contributed by atoms with E-state index in [4.69, 9.17) is 0 Å². The molecule has 1 nitrogen and oxygen atoms in total. The molecule has 1 aliphatic rings. The van der Waals surface area contributed by atoms with E-state index in [2.05, 4.69) is 39.1 Å². The van der Waals surface area contributed by atoms with Gasteiger partial charge in [-0.3, -0.25) is 0 Å². The maximum Gasteiger partial charge on any atom is 0.0105 e. The Balaban J connectivity index is 2.39. The molecular weight excluding hydrogens is 170 g/mol. The van der Waals surface area contributed by atoms with Crippen LogP contribution in [0.2, 0.25) is 0 Å². The molecule has 0 radical (unpaired) electrons. The zero-order chi connectivity index (χ0) is 10.6. The van der Waals surface area contributed by atoms with Gasteiger partial charge in [-0.1, -0.05) is 39.3 Å². The van der Waals surface area contributed by atoms with Gasteiger partial charge in [0.25, 0.3) is 0 Å². The average Bonchev–Trinajstić information content (AvgIpc) is 2.14. The van der Waals surface area contributed by atoms with Gasteiger partial charge in [0, 0.05) is 6.04 Å². The molecule has 82 valence electrons. The van der Waals surface area contributed by atoms with Crippen molar-refractivity contribution in [2.75, 3.05) is 6.54 Å². The average molecular weight is 195 g/mol. The van der Waals surface area contributed by atoms with Crippen LogP contribution in [0, 0.1) is 5.41 Å². The first-order valence-corrected chi connectivity index (χ1v) is 5.97. The lowest BCUT2D eigenvalue weighted by Crippen LogP contribution is -2.32. The largest absolute Gasteiger partial charge is 0.314 e. The van der Waals surface area contributed by atoms with E-state index in [1.54, 1.807) is 5.57 Å². The van der Waals surface area contributed by atoms with E-state index < -0.39 is 0 Å². The molecular formula is C13H25N. The van der Waals surface area contributed by atoms with Crippen molar-refractivity contribution < 1.29 is 0 Å². The molecule has 1 atom stereocenters. The second kappa shape index (κ2) is 4.97. The maximum absolute atomic E-state index is 3.60. The Morgan fingerprint density at radius 2 is 2.14 bits per heavy atom. The van der Waals surface area contributed by atoms with Gasteiger partial charge in [0.1, 0.15) is 0 Å². The molecule has 0 amide bonds. The maximum atomic E-state index is 3.60. The van der Waals surface area contributed by atoms with Gasteiger partial charge in [-0.25, -0.2) is 0 Å². The van der Waals surface area contributed by atoms with Crippen molar-refractivity contribution in [2.45, 2.75) is 59.4 Å². The molecule has 1 N–H and O–H groups in total. The summed E-state index contributed by atoms with van der Waals surface area (Å²) >= 11 is 0. The number of allylic oxidation sites excluding steroid dienone is 1. The summed E-state index contributed by atoms with van der Waals surface area (Å²) < 4.78 is 0. The number of hydrogen-bond acceptors (Lipinski definition) is 1. The van der Waals surface area contributed by atoms with Crippen molar-refractivity contribution in [3.63, 3.8) is 0 Å². The minimum atomic E-state index is 0.385.